The van der Waals surface area contributed by atoms with Crippen molar-refractivity contribution in [1.29, 1.82) is 0 Å². The molecule has 0 spiro atoms. The summed E-state index contributed by atoms with van der Waals surface area (Å²) in [5, 5.41) is 0. The number of hydrogen-bond donors (Lipinski definition) is 0. The van der Waals surface area contributed by atoms with Crippen LogP contribution in [-0.4, -0.2) is 48.7 Å². The Balaban J connectivity index is 1.22. The van der Waals surface area contributed by atoms with Crippen molar-refractivity contribution in [2.45, 2.75) is 18.9 Å². The standard InChI is InChI=1S/C28H28N2O3/c31-28(22-10-11-26-27(14-22)33-19-32-26)30-17-24(25(18-30)21-7-2-1-3-8-21)16-29-13-12-20-6-4-5-9-23(20)15-29/h1-11,14,24-25H,12-13,15-19H2. The molecule has 168 valence electrons. The zero-order chi connectivity index (χ0) is 22.2. The van der Waals surface area contributed by atoms with Crippen molar-refractivity contribution >= 4 is 5.91 Å². The summed E-state index contributed by atoms with van der Waals surface area (Å²) in [7, 11) is 0. The van der Waals surface area contributed by atoms with Gasteiger partial charge < -0.3 is 14.4 Å². The SMILES string of the molecule is O=C(c1ccc2c(c1)OCO2)N1CC(CN2CCc3ccccc3C2)C(c2ccccc2)C1. The summed E-state index contributed by atoms with van der Waals surface area (Å²) in [5.41, 5.74) is 4.89. The monoisotopic (exact) mass is 440 g/mol. The van der Waals surface area contributed by atoms with E-state index in [1.807, 2.05) is 23.1 Å². The Morgan fingerprint density at radius 2 is 1.67 bits per heavy atom. The van der Waals surface area contributed by atoms with Crippen LogP contribution in [-0.2, 0) is 13.0 Å². The number of hydrogen-bond acceptors (Lipinski definition) is 4. The lowest BCUT2D eigenvalue weighted by Crippen LogP contribution is -2.37. The third kappa shape index (κ3) is 3.98. The lowest BCUT2D eigenvalue weighted by atomic mass is 9.88. The van der Waals surface area contributed by atoms with Gasteiger partial charge in [0.25, 0.3) is 5.91 Å². The number of likely N-dealkylation sites (tertiary alicyclic amines) is 1. The van der Waals surface area contributed by atoms with Gasteiger partial charge in [-0.1, -0.05) is 54.6 Å². The predicted octanol–water partition coefficient (Wildman–Crippen LogP) is 4.33. The normalized spacial score (nSPS) is 21.8. The van der Waals surface area contributed by atoms with Crippen LogP contribution >= 0.6 is 0 Å². The molecule has 2 unspecified atom stereocenters. The highest BCUT2D eigenvalue weighted by Crippen LogP contribution is 2.37. The van der Waals surface area contributed by atoms with E-state index in [4.69, 9.17) is 9.47 Å². The van der Waals surface area contributed by atoms with Gasteiger partial charge in [-0.2, -0.15) is 0 Å². The first-order valence-electron chi connectivity index (χ1n) is 11.8. The molecule has 6 rings (SSSR count). The molecule has 5 nitrogen and oxygen atoms in total. The number of carbonyl (C=O) groups excluding carboxylic acids is 1. The first-order valence-corrected chi connectivity index (χ1v) is 11.8. The van der Waals surface area contributed by atoms with Gasteiger partial charge in [0.2, 0.25) is 6.79 Å². The fourth-order valence-electron chi connectivity index (χ4n) is 5.55. The summed E-state index contributed by atoms with van der Waals surface area (Å²) in [5.74, 6) is 2.17. The van der Waals surface area contributed by atoms with Crippen LogP contribution in [0.4, 0.5) is 0 Å². The van der Waals surface area contributed by atoms with E-state index >= 15 is 0 Å². The molecule has 3 aliphatic heterocycles. The minimum absolute atomic E-state index is 0.0701. The maximum Gasteiger partial charge on any atom is 0.254 e. The number of amides is 1. The lowest BCUT2D eigenvalue weighted by Gasteiger charge is -2.32. The number of fused-ring (bicyclic) bond motifs is 2. The Morgan fingerprint density at radius 1 is 0.879 bits per heavy atom. The third-order valence-electron chi connectivity index (χ3n) is 7.28. The molecule has 0 aliphatic carbocycles. The van der Waals surface area contributed by atoms with Gasteiger partial charge in [-0.05, 0) is 47.2 Å². The van der Waals surface area contributed by atoms with E-state index in [2.05, 4.69) is 59.5 Å². The Bertz CT molecular complexity index is 1160. The zero-order valence-corrected chi connectivity index (χ0v) is 18.7. The van der Waals surface area contributed by atoms with E-state index in [1.165, 1.54) is 16.7 Å². The van der Waals surface area contributed by atoms with Crippen LogP contribution in [0.5, 0.6) is 11.5 Å². The molecule has 3 aromatic rings. The van der Waals surface area contributed by atoms with Crippen LogP contribution in [0.15, 0.2) is 72.8 Å². The molecule has 0 N–H and O–H groups in total. The zero-order valence-electron chi connectivity index (χ0n) is 18.7. The average Bonchev–Trinajstić information content (AvgIpc) is 3.51. The second kappa shape index (κ2) is 8.56. The molecule has 0 radical (unpaired) electrons. The Labute approximate surface area is 194 Å². The van der Waals surface area contributed by atoms with Crippen LogP contribution in [0.3, 0.4) is 0 Å². The highest BCUT2D eigenvalue weighted by Gasteiger charge is 2.38. The summed E-state index contributed by atoms with van der Waals surface area (Å²) < 4.78 is 10.9. The molecule has 3 aliphatic rings. The Kier molecular flexibility index (Phi) is 5.27. The molecule has 3 aromatic carbocycles. The quantitative estimate of drug-likeness (QED) is 0.606. The second-order valence-electron chi connectivity index (χ2n) is 9.31. The molecule has 5 heteroatoms. The first kappa shape index (κ1) is 20.3. The van der Waals surface area contributed by atoms with Crippen LogP contribution in [0, 0.1) is 5.92 Å². The molecule has 2 atom stereocenters. The second-order valence-corrected chi connectivity index (χ2v) is 9.31. The number of nitrogens with zero attached hydrogens (tertiary/aromatic N) is 2. The van der Waals surface area contributed by atoms with E-state index in [-0.39, 0.29) is 12.7 Å². The largest absolute Gasteiger partial charge is 0.454 e. The molecule has 0 aromatic heterocycles. The van der Waals surface area contributed by atoms with Crippen molar-refractivity contribution in [3.63, 3.8) is 0 Å². The lowest BCUT2D eigenvalue weighted by molar-refractivity contribution is 0.0781. The molecule has 1 amide bonds. The predicted molar refractivity (Wildman–Crippen MR) is 127 cm³/mol. The maximum absolute atomic E-state index is 13.4. The third-order valence-corrected chi connectivity index (χ3v) is 7.28. The number of ether oxygens (including phenoxy) is 2. The highest BCUT2D eigenvalue weighted by molar-refractivity contribution is 5.95. The van der Waals surface area contributed by atoms with Gasteiger partial charge in [-0.15, -0.1) is 0 Å². The van der Waals surface area contributed by atoms with E-state index in [9.17, 15) is 4.79 Å². The molecule has 1 saturated heterocycles. The minimum Gasteiger partial charge on any atom is -0.454 e. The molecule has 0 saturated carbocycles. The van der Waals surface area contributed by atoms with E-state index in [0.29, 0.717) is 28.9 Å². The van der Waals surface area contributed by atoms with Crippen LogP contribution in [0.25, 0.3) is 0 Å². The maximum atomic E-state index is 13.4. The Hall–Kier alpha value is -3.31. The van der Waals surface area contributed by atoms with Gasteiger partial charge in [0, 0.05) is 44.2 Å². The minimum atomic E-state index is 0.0701. The van der Waals surface area contributed by atoms with Crippen LogP contribution in [0.2, 0.25) is 0 Å². The van der Waals surface area contributed by atoms with Crippen molar-refractivity contribution in [2.24, 2.45) is 5.92 Å². The number of rotatable bonds is 4. The van der Waals surface area contributed by atoms with Gasteiger partial charge >= 0.3 is 0 Å². The smallest absolute Gasteiger partial charge is 0.254 e. The van der Waals surface area contributed by atoms with E-state index < -0.39 is 0 Å². The molecular formula is C28H28N2O3. The van der Waals surface area contributed by atoms with E-state index in [1.54, 1.807) is 0 Å². The molecule has 1 fully saturated rings. The van der Waals surface area contributed by atoms with Crippen LogP contribution in [0.1, 0.15) is 33.0 Å². The van der Waals surface area contributed by atoms with Crippen molar-refractivity contribution in [3.05, 3.63) is 95.1 Å². The van der Waals surface area contributed by atoms with Gasteiger partial charge in [-0.3, -0.25) is 9.69 Å². The van der Waals surface area contributed by atoms with Crippen molar-refractivity contribution in [2.75, 3.05) is 33.0 Å². The van der Waals surface area contributed by atoms with Gasteiger partial charge in [-0.25, -0.2) is 0 Å². The summed E-state index contributed by atoms with van der Waals surface area (Å²) in [4.78, 5) is 18.0. The summed E-state index contributed by atoms with van der Waals surface area (Å²) in [6.07, 6.45) is 1.10. The van der Waals surface area contributed by atoms with Gasteiger partial charge in [0.1, 0.15) is 0 Å². The summed E-state index contributed by atoms with van der Waals surface area (Å²) in [6, 6.07) is 25.0. The topological polar surface area (TPSA) is 42.0 Å². The van der Waals surface area contributed by atoms with Crippen molar-refractivity contribution < 1.29 is 14.3 Å². The average molecular weight is 441 g/mol. The Morgan fingerprint density at radius 3 is 2.55 bits per heavy atom. The van der Waals surface area contributed by atoms with Crippen molar-refractivity contribution in [3.8, 4) is 11.5 Å². The van der Waals surface area contributed by atoms with E-state index in [0.717, 1.165) is 39.1 Å². The van der Waals surface area contributed by atoms with Crippen molar-refractivity contribution in [1.82, 2.24) is 9.80 Å². The highest BCUT2D eigenvalue weighted by atomic mass is 16.7. The van der Waals surface area contributed by atoms with Gasteiger partial charge in [0.05, 0.1) is 0 Å². The number of carbonyl (C=O) groups is 1. The number of benzene rings is 3. The summed E-state index contributed by atoms with van der Waals surface area (Å²) in [6.45, 7) is 4.79. The molecule has 33 heavy (non-hydrogen) atoms. The first-order chi connectivity index (χ1) is 16.2. The fourth-order valence-corrected chi connectivity index (χ4v) is 5.55. The molecule has 3 heterocycles. The van der Waals surface area contributed by atoms with Crippen LogP contribution < -0.4 is 9.47 Å². The van der Waals surface area contributed by atoms with Gasteiger partial charge in [0.15, 0.2) is 11.5 Å². The molecular weight excluding hydrogens is 412 g/mol. The fraction of sp³-hybridized carbons (Fsp3) is 0.321. The summed E-state index contributed by atoms with van der Waals surface area (Å²) >= 11 is 0. The molecule has 0 bridgehead atoms.